The minimum atomic E-state index is -0.171. The van der Waals surface area contributed by atoms with Crippen LogP contribution >= 0.6 is 0 Å². The van der Waals surface area contributed by atoms with E-state index in [-0.39, 0.29) is 5.69 Å². The third-order valence-electron chi connectivity index (χ3n) is 2.60. The molecule has 0 aliphatic heterocycles. The van der Waals surface area contributed by atoms with Crippen molar-refractivity contribution < 1.29 is 0 Å². The van der Waals surface area contributed by atoms with Crippen LogP contribution in [0.2, 0.25) is 0 Å². The topological polar surface area (TPSA) is 49.8 Å². The molecule has 2 aromatic carbocycles. The van der Waals surface area contributed by atoms with E-state index in [1.165, 1.54) is 4.68 Å². The molecule has 0 saturated carbocycles. The first-order valence-corrected chi connectivity index (χ1v) is 5.36. The fraction of sp³-hybridized carbons (Fsp3) is 0. The van der Waals surface area contributed by atoms with E-state index in [4.69, 9.17) is 0 Å². The van der Waals surface area contributed by atoms with Gasteiger partial charge in [0.2, 0.25) is 0 Å². The Hall–Kier alpha value is -2.49. The lowest BCUT2D eigenvalue weighted by Gasteiger charge is -2.06. The Morgan fingerprint density at radius 2 is 1.65 bits per heavy atom. The molecule has 0 atom stereocenters. The molecule has 3 aromatic rings. The number of fused-ring (bicyclic) bond motifs is 1. The predicted octanol–water partition coefficient (Wildman–Crippen LogP) is 2.20. The van der Waals surface area contributed by atoms with Crippen molar-refractivity contribution in [2.75, 3.05) is 5.43 Å². The minimum Gasteiger partial charge on any atom is -0.304 e. The summed E-state index contributed by atoms with van der Waals surface area (Å²) < 4.78 is 1.50. The molecule has 3 rings (SSSR count). The Labute approximate surface area is 97.5 Å². The molecule has 84 valence electrons. The number of para-hydroxylation sites is 3. The smallest absolute Gasteiger partial charge is 0.304 e. The molecule has 0 saturated heterocycles. The van der Waals surface area contributed by atoms with Crippen LogP contribution in [0.1, 0.15) is 0 Å². The number of benzene rings is 2. The average Bonchev–Trinajstić information content (AvgIpc) is 2.68. The van der Waals surface area contributed by atoms with Crippen LogP contribution in [0.5, 0.6) is 0 Å². The largest absolute Gasteiger partial charge is 0.345 e. The first kappa shape index (κ1) is 9.72. The molecule has 0 radical (unpaired) electrons. The molecule has 1 aromatic heterocycles. The number of H-pyrrole nitrogens is 1. The molecule has 4 heteroatoms. The Morgan fingerprint density at radius 1 is 0.941 bits per heavy atom. The molecule has 0 spiro atoms. The second kappa shape index (κ2) is 3.83. The van der Waals surface area contributed by atoms with E-state index < -0.39 is 0 Å². The number of nitrogens with one attached hydrogen (secondary N) is 2. The van der Waals surface area contributed by atoms with Crippen molar-refractivity contribution in [2.24, 2.45) is 0 Å². The molecule has 2 N–H and O–H groups in total. The van der Waals surface area contributed by atoms with Gasteiger partial charge < -0.3 is 4.98 Å². The summed E-state index contributed by atoms with van der Waals surface area (Å²) >= 11 is 0. The zero-order valence-corrected chi connectivity index (χ0v) is 9.05. The van der Waals surface area contributed by atoms with E-state index in [1.807, 2.05) is 54.6 Å². The number of rotatable bonds is 2. The molecular weight excluding hydrogens is 214 g/mol. The van der Waals surface area contributed by atoms with Crippen molar-refractivity contribution in [1.29, 1.82) is 0 Å². The quantitative estimate of drug-likeness (QED) is 0.702. The van der Waals surface area contributed by atoms with Gasteiger partial charge in [0.1, 0.15) is 0 Å². The summed E-state index contributed by atoms with van der Waals surface area (Å²) in [7, 11) is 0. The van der Waals surface area contributed by atoms with E-state index in [9.17, 15) is 4.79 Å². The van der Waals surface area contributed by atoms with Gasteiger partial charge in [-0.15, -0.1) is 0 Å². The van der Waals surface area contributed by atoms with E-state index >= 15 is 0 Å². The van der Waals surface area contributed by atoms with E-state index in [1.54, 1.807) is 0 Å². The van der Waals surface area contributed by atoms with Crippen LogP contribution in [0.25, 0.3) is 11.0 Å². The fourth-order valence-electron chi connectivity index (χ4n) is 1.81. The van der Waals surface area contributed by atoms with Gasteiger partial charge in [-0.3, -0.25) is 5.43 Å². The number of imidazole rings is 1. The fourth-order valence-corrected chi connectivity index (χ4v) is 1.81. The monoisotopic (exact) mass is 225 g/mol. The van der Waals surface area contributed by atoms with Crippen molar-refractivity contribution in [1.82, 2.24) is 9.66 Å². The Morgan fingerprint density at radius 3 is 2.47 bits per heavy atom. The van der Waals surface area contributed by atoms with Gasteiger partial charge in [-0.2, -0.15) is 0 Å². The highest BCUT2D eigenvalue weighted by Crippen LogP contribution is 2.11. The summed E-state index contributed by atoms with van der Waals surface area (Å²) in [6.07, 6.45) is 0. The number of aromatic nitrogens is 2. The van der Waals surface area contributed by atoms with E-state index in [0.29, 0.717) is 0 Å². The molecule has 0 bridgehead atoms. The lowest BCUT2D eigenvalue weighted by atomic mass is 10.3. The Balaban J connectivity index is 2.12. The number of aromatic amines is 1. The first-order valence-electron chi connectivity index (χ1n) is 5.36. The highest BCUT2D eigenvalue weighted by molar-refractivity contribution is 5.75. The number of nitrogens with zero attached hydrogens (tertiary/aromatic N) is 1. The lowest BCUT2D eigenvalue weighted by Crippen LogP contribution is -2.23. The maximum Gasteiger partial charge on any atom is 0.345 e. The predicted molar refractivity (Wildman–Crippen MR) is 68.0 cm³/mol. The maximum absolute atomic E-state index is 11.8. The highest BCUT2D eigenvalue weighted by Gasteiger charge is 2.04. The van der Waals surface area contributed by atoms with Gasteiger partial charge in [0.15, 0.2) is 0 Å². The van der Waals surface area contributed by atoms with Gasteiger partial charge in [-0.1, -0.05) is 30.3 Å². The molecule has 0 aliphatic rings. The third-order valence-corrected chi connectivity index (χ3v) is 2.60. The molecule has 1 heterocycles. The molecule has 0 unspecified atom stereocenters. The second-order valence-corrected chi connectivity index (χ2v) is 3.76. The average molecular weight is 225 g/mol. The Kier molecular flexibility index (Phi) is 2.19. The van der Waals surface area contributed by atoms with Crippen LogP contribution in [-0.4, -0.2) is 9.66 Å². The molecule has 4 nitrogen and oxygen atoms in total. The van der Waals surface area contributed by atoms with Gasteiger partial charge in [0, 0.05) is 0 Å². The van der Waals surface area contributed by atoms with Gasteiger partial charge >= 0.3 is 5.69 Å². The molecule has 0 fully saturated rings. The van der Waals surface area contributed by atoms with Crippen LogP contribution in [0.3, 0.4) is 0 Å². The summed E-state index contributed by atoms with van der Waals surface area (Å²) in [6, 6.07) is 17.2. The van der Waals surface area contributed by atoms with Crippen LogP contribution in [0.4, 0.5) is 5.69 Å². The van der Waals surface area contributed by atoms with Crippen molar-refractivity contribution in [3.05, 3.63) is 65.1 Å². The number of hydrogen-bond acceptors (Lipinski definition) is 2. The normalized spacial score (nSPS) is 10.6. The van der Waals surface area contributed by atoms with Crippen molar-refractivity contribution in [2.45, 2.75) is 0 Å². The van der Waals surface area contributed by atoms with Gasteiger partial charge in [0.05, 0.1) is 16.7 Å². The lowest BCUT2D eigenvalue weighted by molar-refractivity contribution is 0.929. The van der Waals surface area contributed by atoms with E-state index in [0.717, 1.165) is 16.7 Å². The van der Waals surface area contributed by atoms with Crippen LogP contribution < -0.4 is 11.1 Å². The van der Waals surface area contributed by atoms with Gasteiger partial charge in [-0.05, 0) is 24.3 Å². The zero-order valence-electron chi connectivity index (χ0n) is 9.05. The molecule has 0 amide bonds. The molecular formula is C13H11N3O. The van der Waals surface area contributed by atoms with Crippen LogP contribution in [0, 0.1) is 0 Å². The summed E-state index contributed by atoms with van der Waals surface area (Å²) in [5, 5.41) is 0. The summed E-state index contributed by atoms with van der Waals surface area (Å²) in [4.78, 5) is 14.6. The second-order valence-electron chi connectivity index (χ2n) is 3.76. The summed E-state index contributed by atoms with van der Waals surface area (Å²) in [6.45, 7) is 0. The number of anilines is 1. The molecule has 0 aliphatic carbocycles. The van der Waals surface area contributed by atoms with Crippen molar-refractivity contribution >= 4 is 16.7 Å². The van der Waals surface area contributed by atoms with Gasteiger partial charge in [0.25, 0.3) is 0 Å². The minimum absolute atomic E-state index is 0.171. The van der Waals surface area contributed by atoms with E-state index in [2.05, 4.69) is 10.4 Å². The maximum atomic E-state index is 11.8. The first-order chi connectivity index (χ1) is 8.34. The highest BCUT2D eigenvalue weighted by atomic mass is 16.2. The number of hydrogen-bond donors (Lipinski definition) is 2. The molecule has 17 heavy (non-hydrogen) atoms. The van der Waals surface area contributed by atoms with Crippen molar-refractivity contribution in [3.63, 3.8) is 0 Å². The van der Waals surface area contributed by atoms with Crippen LogP contribution in [-0.2, 0) is 0 Å². The van der Waals surface area contributed by atoms with Crippen molar-refractivity contribution in [3.8, 4) is 0 Å². The standard InChI is InChI=1S/C13H11N3O/c17-13-14-11-8-4-5-9-12(11)16(13)15-10-6-2-1-3-7-10/h1-9,15H,(H,14,17). The third kappa shape index (κ3) is 1.69. The van der Waals surface area contributed by atoms with Gasteiger partial charge in [-0.25, -0.2) is 9.47 Å². The SMILES string of the molecule is O=c1[nH]c2ccccc2n1Nc1ccccc1. The zero-order chi connectivity index (χ0) is 11.7. The summed E-state index contributed by atoms with van der Waals surface area (Å²) in [5.74, 6) is 0. The summed E-state index contributed by atoms with van der Waals surface area (Å²) in [5.41, 5.74) is 5.43. The van der Waals surface area contributed by atoms with Crippen LogP contribution in [0.15, 0.2) is 59.4 Å². The Bertz CT molecular complexity index is 697.